The minimum atomic E-state index is 0.377. The molecule has 0 radical (unpaired) electrons. The smallest absolute Gasteiger partial charge is 0.172 e. The molecule has 0 rings (SSSR count). The molecule has 0 aromatic carbocycles. The number of hydrogen-bond acceptors (Lipinski definition) is 2. The lowest BCUT2D eigenvalue weighted by atomic mass is 9.84. The van der Waals surface area contributed by atoms with Crippen molar-refractivity contribution in [3.8, 4) is 0 Å². The highest BCUT2D eigenvalue weighted by Crippen LogP contribution is 2.31. The van der Waals surface area contributed by atoms with Crippen LogP contribution in [0.1, 0.15) is 67.2 Å². The number of nitrogens with zero attached hydrogens (tertiary/aromatic N) is 1. The molecule has 0 aromatic rings. The van der Waals surface area contributed by atoms with Crippen molar-refractivity contribution in [3.05, 3.63) is 90.7 Å². The zero-order chi connectivity index (χ0) is 24.4. The van der Waals surface area contributed by atoms with Crippen LogP contribution in [0.15, 0.2) is 90.7 Å². The molecular weight excluding hydrogens is 390 g/mol. The molecule has 2 nitrogen and oxygen atoms in total. The van der Waals surface area contributed by atoms with Gasteiger partial charge < -0.3 is 9.64 Å². The van der Waals surface area contributed by atoms with Crippen LogP contribution in [0.2, 0.25) is 0 Å². The Hall–Kier alpha value is -2.28. The lowest BCUT2D eigenvalue weighted by Crippen LogP contribution is -2.28. The normalized spacial score (nSPS) is 14.4. The fourth-order valence-corrected chi connectivity index (χ4v) is 3.46. The Kier molecular flexibility index (Phi) is 17.0. The zero-order valence-corrected chi connectivity index (χ0v) is 21.6. The van der Waals surface area contributed by atoms with E-state index in [0.29, 0.717) is 17.6 Å². The van der Waals surface area contributed by atoms with Gasteiger partial charge in [0.15, 0.2) is 5.76 Å². The molecule has 0 fully saturated rings. The summed E-state index contributed by atoms with van der Waals surface area (Å²) in [7, 11) is 0. The molecule has 0 saturated carbocycles. The molecule has 0 aromatic heterocycles. The van der Waals surface area contributed by atoms with Gasteiger partial charge in [0.1, 0.15) is 5.76 Å². The summed E-state index contributed by atoms with van der Waals surface area (Å²) in [6.07, 6.45) is 17.9. The van der Waals surface area contributed by atoms with E-state index in [2.05, 4.69) is 70.2 Å². The van der Waals surface area contributed by atoms with Crippen LogP contribution in [-0.2, 0) is 4.74 Å². The molecule has 2 atom stereocenters. The van der Waals surface area contributed by atoms with E-state index < -0.39 is 0 Å². The van der Waals surface area contributed by atoms with Crippen molar-refractivity contribution in [1.29, 1.82) is 0 Å². The summed E-state index contributed by atoms with van der Waals surface area (Å²) in [5.41, 5.74) is 5.52. The Bertz CT molecular complexity index is 728. The molecule has 0 saturated heterocycles. The lowest BCUT2D eigenvalue weighted by Gasteiger charge is -2.27. The van der Waals surface area contributed by atoms with E-state index in [9.17, 15) is 0 Å². The number of hydrogen-bond donors (Lipinski definition) is 0. The molecule has 32 heavy (non-hydrogen) atoms. The van der Waals surface area contributed by atoms with E-state index in [0.717, 1.165) is 50.2 Å². The topological polar surface area (TPSA) is 12.5 Å². The van der Waals surface area contributed by atoms with Crippen LogP contribution in [0.25, 0.3) is 0 Å². The van der Waals surface area contributed by atoms with Gasteiger partial charge in [-0.2, -0.15) is 0 Å². The highest BCUT2D eigenvalue weighted by Gasteiger charge is 2.21. The molecule has 2 unspecified atom stereocenters. The average molecular weight is 438 g/mol. The minimum absolute atomic E-state index is 0.377. The predicted octanol–water partition coefficient (Wildman–Crippen LogP) is 8.55. The summed E-state index contributed by atoms with van der Waals surface area (Å²) in [4.78, 5) is 2.54. The van der Waals surface area contributed by atoms with Crippen molar-refractivity contribution in [3.63, 3.8) is 0 Å². The molecule has 0 spiro atoms. The highest BCUT2D eigenvalue weighted by molar-refractivity contribution is 5.30. The van der Waals surface area contributed by atoms with Crippen LogP contribution < -0.4 is 0 Å². The number of unbranched alkanes of at least 4 members (excludes halogenated alkanes) is 1. The van der Waals surface area contributed by atoms with Gasteiger partial charge in [-0.3, -0.25) is 0 Å². The Labute approximate surface area is 199 Å². The maximum absolute atomic E-state index is 6.36. The zero-order valence-electron chi connectivity index (χ0n) is 21.6. The van der Waals surface area contributed by atoms with Gasteiger partial charge in [-0.1, -0.05) is 70.0 Å². The van der Waals surface area contributed by atoms with Crippen molar-refractivity contribution >= 4 is 0 Å². The third-order valence-electron chi connectivity index (χ3n) is 6.04. The highest BCUT2D eigenvalue weighted by atomic mass is 16.5. The molecule has 2 heteroatoms. The maximum atomic E-state index is 6.36. The first-order valence-corrected chi connectivity index (χ1v) is 12.1. The van der Waals surface area contributed by atoms with E-state index in [1.165, 1.54) is 12.0 Å². The van der Waals surface area contributed by atoms with Crippen molar-refractivity contribution in [2.75, 3.05) is 19.6 Å². The summed E-state index contributed by atoms with van der Waals surface area (Å²) in [5, 5.41) is 0. The number of ether oxygens (including phenoxy) is 1. The predicted molar refractivity (Wildman–Crippen MR) is 143 cm³/mol. The first-order valence-electron chi connectivity index (χ1n) is 12.1. The van der Waals surface area contributed by atoms with Crippen LogP contribution in [0, 0.1) is 11.8 Å². The van der Waals surface area contributed by atoms with Crippen LogP contribution in [-0.4, -0.2) is 24.5 Å². The van der Waals surface area contributed by atoms with E-state index in [-0.39, 0.29) is 0 Å². The lowest BCUT2D eigenvalue weighted by molar-refractivity contribution is 0.246. The fourth-order valence-electron chi connectivity index (χ4n) is 3.46. The molecule has 0 aliphatic rings. The van der Waals surface area contributed by atoms with Gasteiger partial charge in [0, 0.05) is 0 Å². The van der Waals surface area contributed by atoms with Gasteiger partial charge in [0.25, 0.3) is 0 Å². The molecule has 0 N–H and O–H groups in total. The first kappa shape index (κ1) is 29.7. The summed E-state index contributed by atoms with van der Waals surface area (Å²) >= 11 is 0. The third kappa shape index (κ3) is 11.4. The Morgan fingerprint density at radius 1 is 1.12 bits per heavy atom. The van der Waals surface area contributed by atoms with Gasteiger partial charge in [-0.05, 0) is 101 Å². The van der Waals surface area contributed by atoms with Gasteiger partial charge in [-0.25, -0.2) is 0 Å². The monoisotopic (exact) mass is 437 g/mol. The molecule has 178 valence electrons. The molecule has 0 amide bonds. The van der Waals surface area contributed by atoms with Crippen molar-refractivity contribution in [1.82, 2.24) is 4.90 Å². The van der Waals surface area contributed by atoms with Crippen LogP contribution in [0.5, 0.6) is 0 Å². The minimum Gasteiger partial charge on any atom is -0.449 e. The molecular formula is C30H47NO. The average Bonchev–Trinajstić information content (AvgIpc) is 2.81. The van der Waals surface area contributed by atoms with Gasteiger partial charge in [0.2, 0.25) is 0 Å². The van der Waals surface area contributed by atoms with Gasteiger partial charge >= 0.3 is 0 Å². The molecule has 0 aliphatic heterocycles. The summed E-state index contributed by atoms with van der Waals surface area (Å²) < 4.78 is 6.36. The fraction of sp³-hybridized carbons (Fsp3) is 0.500. The first-order chi connectivity index (χ1) is 15.4. The van der Waals surface area contributed by atoms with Crippen LogP contribution in [0.3, 0.4) is 0 Å². The van der Waals surface area contributed by atoms with E-state index >= 15 is 0 Å². The van der Waals surface area contributed by atoms with E-state index in [4.69, 9.17) is 4.74 Å². The summed E-state index contributed by atoms with van der Waals surface area (Å²) in [6, 6.07) is 0. The second-order valence-corrected chi connectivity index (χ2v) is 8.24. The molecule has 0 aliphatic carbocycles. The SMILES string of the molecule is C=CC=C=C(O/C(C=C)=C(/C/C=C\C)C(C)C(C)CCN(CC)CCCC=C)/C(C)=C\C. The quantitative estimate of drug-likeness (QED) is 0.0743. The second kappa shape index (κ2) is 18.3. The molecule has 0 heterocycles. The van der Waals surface area contributed by atoms with Gasteiger partial charge in [0.05, 0.1) is 0 Å². The van der Waals surface area contributed by atoms with Crippen LogP contribution in [0.4, 0.5) is 0 Å². The van der Waals surface area contributed by atoms with E-state index in [1.54, 1.807) is 12.2 Å². The summed E-state index contributed by atoms with van der Waals surface area (Å²) in [6.45, 7) is 28.0. The van der Waals surface area contributed by atoms with Crippen LogP contribution >= 0.6 is 0 Å². The number of rotatable bonds is 17. The second-order valence-electron chi connectivity index (χ2n) is 8.24. The third-order valence-corrected chi connectivity index (χ3v) is 6.04. The standard InChI is InChI=1S/C30H47NO/c1-10-16-19-23-31(15-6)24-22-26(8)27(9)28(20-17-11-2)29(14-5)32-30(21-18-12-3)25(7)13-4/h10-14,17-18,26-27H,1,3,5,15-16,19-20,22-24H2,2,4,6-9H3/b17-11-,25-13-,29-28-. The Balaban J connectivity index is 5.73. The molecule has 0 bridgehead atoms. The van der Waals surface area contributed by atoms with Gasteiger partial charge in [-0.15, -0.1) is 6.58 Å². The maximum Gasteiger partial charge on any atom is 0.172 e. The van der Waals surface area contributed by atoms with Crippen molar-refractivity contribution < 1.29 is 4.74 Å². The van der Waals surface area contributed by atoms with Crippen molar-refractivity contribution in [2.24, 2.45) is 11.8 Å². The summed E-state index contributed by atoms with van der Waals surface area (Å²) in [5.74, 6) is 2.45. The van der Waals surface area contributed by atoms with Crippen molar-refractivity contribution in [2.45, 2.75) is 67.2 Å². The Morgan fingerprint density at radius 3 is 2.38 bits per heavy atom. The van der Waals surface area contributed by atoms with E-state index in [1.807, 2.05) is 32.1 Å². The Morgan fingerprint density at radius 2 is 1.84 bits per heavy atom. The largest absolute Gasteiger partial charge is 0.449 e. The number of allylic oxidation sites excluding steroid dienone is 8.